The number of nitrogens with one attached hydrogen (secondary N) is 2. The fourth-order valence-corrected chi connectivity index (χ4v) is 1.79. The first-order valence-electron chi connectivity index (χ1n) is 5.03. The third-order valence-electron chi connectivity index (χ3n) is 2.05. The topological polar surface area (TPSA) is 80.0 Å². The van der Waals surface area contributed by atoms with E-state index in [-0.39, 0.29) is 6.03 Å². The Bertz CT molecular complexity index is 481. The summed E-state index contributed by atoms with van der Waals surface area (Å²) in [6, 6.07) is 6.70. The first kappa shape index (κ1) is 11.4. The molecule has 2 aromatic rings. The first-order valence-corrected chi connectivity index (χ1v) is 5.91. The number of benzene rings is 1. The predicted octanol–water partition coefficient (Wildman–Crippen LogP) is 2.05. The zero-order valence-electron chi connectivity index (χ0n) is 9.01. The molecule has 0 saturated carbocycles. The van der Waals surface area contributed by atoms with Crippen LogP contribution in [0.2, 0.25) is 0 Å². The largest absolute Gasteiger partial charge is 0.399 e. The molecule has 0 fully saturated rings. The number of anilines is 2. The summed E-state index contributed by atoms with van der Waals surface area (Å²) < 4.78 is 0. The lowest BCUT2D eigenvalue weighted by Gasteiger charge is -2.06. The summed E-state index contributed by atoms with van der Waals surface area (Å²) in [5.74, 6) is 0. The molecule has 2 rings (SSSR count). The van der Waals surface area contributed by atoms with E-state index in [1.807, 2.05) is 5.38 Å². The lowest BCUT2D eigenvalue weighted by atomic mass is 10.3. The van der Waals surface area contributed by atoms with E-state index in [0.29, 0.717) is 17.9 Å². The van der Waals surface area contributed by atoms with Gasteiger partial charge in [-0.05, 0) is 24.3 Å². The Morgan fingerprint density at radius 1 is 1.35 bits per heavy atom. The Balaban J connectivity index is 1.83. The molecule has 0 bridgehead atoms. The number of amides is 2. The fourth-order valence-electron chi connectivity index (χ4n) is 1.24. The number of thiazole rings is 1. The molecule has 1 aromatic heterocycles. The molecule has 0 aliphatic heterocycles. The Labute approximate surface area is 103 Å². The molecule has 6 heteroatoms. The lowest BCUT2D eigenvalue weighted by molar-refractivity contribution is 0.251. The number of rotatable bonds is 3. The average Bonchev–Trinajstić information content (AvgIpc) is 2.83. The van der Waals surface area contributed by atoms with E-state index >= 15 is 0 Å². The molecule has 0 unspecified atom stereocenters. The van der Waals surface area contributed by atoms with Crippen LogP contribution in [0.5, 0.6) is 0 Å². The molecule has 5 nitrogen and oxygen atoms in total. The van der Waals surface area contributed by atoms with Gasteiger partial charge in [-0.25, -0.2) is 9.78 Å². The number of urea groups is 1. The van der Waals surface area contributed by atoms with Crippen LogP contribution < -0.4 is 16.4 Å². The number of carbonyl (C=O) groups excluding carboxylic acids is 1. The van der Waals surface area contributed by atoms with Crippen molar-refractivity contribution in [3.8, 4) is 0 Å². The van der Waals surface area contributed by atoms with Gasteiger partial charge in [-0.1, -0.05) is 0 Å². The summed E-state index contributed by atoms with van der Waals surface area (Å²) in [6.07, 6.45) is 1.71. The SMILES string of the molecule is Nc1ccc(NC(=O)NCc2nccs2)cc1. The zero-order chi connectivity index (χ0) is 12.1. The van der Waals surface area contributed by atoms with Gasteiger partial charge >= 0.3 is 6.03 Å². The van der Waals surface area contributed by atoms with Gasteiger partial charge in [0, 0.05) is 23.0 Å². The van der Waals surface area contributed by atoms with Crippen molar-refractivity contribution in [2.75, 3.05) is 11.1 Å². The molecule has 0 aliphatic carbocycles. The number of nitrogen functional groups attached to an aromatic ring is 1. The molecule has 0 spiro atoms. The van der Waals surface area contributed by atoms with Gasteiger partial charge in [-0.2, -0.15) is 0 Å². The second-order valence-electron chi connectivity index (χ2n) is 3.36. The Morgan fingerprint density at radius 2 is 2.12 bits per heavy atom. The van der Waals surface area contributed by atoms with Crippen LogP contribution in [0.15, 0.2) is 35.8 Å². The molecule has 1 aromatic carbocycles. The maximum atomic E-state index is 11.5. The molecular formula is C11H12N4OS. The van der Waals surface area contributed by atoms with Gasteiger partial charge in [0.15, 0.2) is 0 Å². The fraction of sp³-hybridized carbons (Fsp3) is 0.0909. The normalized spacial score (nSPS) is 9.88. The van der Waals surface area contributed by atoms with Gasteiger partial charge in [0.25, 0.3) is 0 Å². The smallest absolute Gasteiger partial charge is 0.319 e. The Morgan fingerprint density at radius 3 is 2.76 bits per heavy atom. The average molecular weight is 248 g/mol. The molecule has 0 atom stereocenters. The number of hydrogen-bond donors (Lipinski definition) is 3. The number of hydrogen-bond acceptors (Lipinski definition) is 4. The third kappa shape index (κ3) is 3.46. The summed E-state index contributed by atoms with van der Waals surface area (Å²) >= 11 is 1.50. The number of nitrogens with two attached hydrogens (primary N) is 1. The van der Waals surface area contributed by atoms with E-state index in [9.17, 15) is 4.79 Å². The highest BCUT2D eigenvalue weighted by Gasteiger charge is 2.02. The second-order valence-corrected chi connectivity index (χ2v) is 4.33. The third-order valence-corrected chi connectivity index (χ3v) is 2.83. The zero-order valence-corrected chi connectivity index (χ0v) is 9.83. The number of aromatic nitrogens is 1. The van der Waals surface area contributed by atoms with Crippen LogP contribution in [0.25, 0.3) is 0 Å². The first-order chi connectivity index (χ1) is 8.24. The van der Waals surface area contributed by atoms with E-state index in [4.69, 9.17) is 5.73 Å². The van der Waals surface area contributed by atoms with E-state index < -0.39 is 0 Å². The maximum absolute atomic E-state index is 11.5. The molecule has 88 valence electrons. The summed E-state index contributed by atoms with van der Waals surface area (Å²) in [7, 11) is 0. The van der Waals surface area contributed by atoms with Crippen molar-refractivity contribution in [3.05, 3.63) is 40.8 Å². The van der Waals surface area contributed by atoms with Crippen molar-refractivity contribution >= 4 is 28.7 Å². The highest BCUT2D eigenvalue weighted by Crippen LogP contribution is 2.10. The van der Waals surface area contributed by atoms with Gasteiger partial charge in [-0.15, -0.1) is 11.3 Å². The molecule has 1 heterocycles. The van der Waals surface area contributed by atoms with Gasteiger partial charge in [0.1, 0.15) is 5.01 Å². The van der Waals surface area contributed by atoms with Crippen LogP contribution in [0.3, 0.4) is 0 Å². The summed E-state index contributed by atoms with van der Waals surface area (Å²) in [5.41, 5.74) is 6.92. The van der Waals surface area contributed by atoms with Crippen molar-refractivity contribution < 1.29 is 4.79 Å². The van der Waals surface area contributed by atoms with Crippen molar-refractivity contribution in [1.29, 1.82) is 0 Å². The van der Waals surface area contributed by atoms with Crippen LogP contribution >= 0.6 is 11.3 Å². The molecule has 4 N–H and O–H groups in total. The minimum absolute atomic E-state index is 0.259. The second kappa shape index (κ2) is 5.31. The molecule has 17 heavy (non-hydrogen) atoms. The summed E-state index contributed by atoms with van der Waals surface area (Å²) in [5, 5.41) is 8.16. The van der Waals surface area contributed by atoms with Crippen LogP contribution in [-0.2, 0) is 6.54 Å². The lowest BCUT2D eigenvalue weighted by Crippen LogP contribution is -2.28. The monoisotopic (exact) mass is 248 g/mol. The Kier molecular flexibility index (Phi) is 3.56. The van der Waals surface area contributed by atoms with E-state index in [1.165, 1.54) is 11.3 Å². The van der Waals surface area contributed by atoms with Gasteiger partial charge in [-0.3, -0.25) is 0 Å². The molecule has 0 saturated heterocycles. The minimum atomic E-state index is -0.259. The van der Waals surface area contributed by atoms with Crippen molar-refractivity contribution in [2.45, 2.75) is 6.54 Å². The summed E-state index contributed by atoms with van der Waals surface area (Å²) in [4.78, 5) is 15.6. The maximum Gasteiger partial charge on any atom is 0.319 e. The highest BCUT2D eigenvalue weighted by atomic mass is 32.1. The van der Waals surface area contributed by atoms with Crippen LogP contribution in [0, 0.1) is 0 Å². The quantitative estimate of drug-likeness (QED) is 0.727. The van der Waals surface area contributed by atoms with Crippen molar-refractivity contribution in [2.24, 2.45) is 0 Å². The molecular weight excluding hydrogens is 236 g/mol. The molecule has 2 amide bonds. The van der Waals surface area contributed by atoms with Crippen LogP contribution in [0.1, 0.15) is 5.01 Å². The Hall–Kier alpha value is -2.08. The number of nitrogens with zero attached hydrogens (tertiary/aromatic N) is 1. The van der Waals surface area contributed by atoms with Crippen molar-refractivity contribution in [1.82, 2.24) is 10.3 Å². The van der Waals surface area contributed by atoms with E-state index in [2.05, 4.69) is 15.6 Å². The number of carbonyl (C=O) groups is 1. The highest BCUT2D eigenvalue weighted by molar-refractivity contribution is 7.09. The van der Waals surface area contributed by atoms with Gasteiger partial charge < -0.3 is 16.4 Å². The standard InChI is InChI=1S/C11H12N4OS/c12-8-1-3-9(4-2-8)15-11(16)14-7-10-13-5-6-17-10/h1-6H,7,12H2,(H2,14,15,16). The van der Waals surface area contributed by atoms with Crippen molar-refractivity contribution in [3.63, 3.8) is 0 Å². The predicted molar refractivity (Wildman–Crippen MR) is 68.8 cm³/mol. The van der Waals surface area contributed by atoms with E-state index in [1.54, 1.807) is 30.5 Å². The van der Waals surface area contributed by atoms with Gasteiger partial charge in [0.05, 0.1) is 6.54 Å². The van der Waals surface area contributed by atoms with Crippen LogP contribution in [0.4, 0.5) is 16.2 Å². The molecule has 0 aliphatic rings. The minimum Gasteiger partial charge on any atom is -0.399 e. The van der Waals surface area contributed by atoms with Crippen LogP contribution in [-0.4, -0.2) is 11.0 Å². The van der Waals surface area contributed by atoms with E-state index in [0.717, 1.165) is 5.01 Å². The van der Waals surface area contributed by atoms with Gasteiger partial charge in [0.2, 0.25) is 0 Å². The molecule has 0 radical (unpaired) electrons. The summed E-state index contributed by atoms with van der Waals surface area (Å²) in [6.45, 7) is 0.429.